The third-order valence-corrected chi connectivity index (χ3v) is 3.70. The molecule has 0 bridgehead atoms. The molecule has 1 N–H and O–H groups in total. The van der Waals surface area contributed by atoms with Gasteiger partial charge in [-0.3, -0.25) is 14.3 Å². The van der Waals surface area contributed by atoms with Gasteiger partial charge in [0, 0.05) is 26.8 Å². The van der Waals surface area contributed by atoms with Gasteiger partial charge < -0.3 is 10.0 Å². The fourth-order valence-electron chi connectivity index (χ4n) is 1.81. The molecular formula is C13H15N3O3S. The highest BCUT2D eigenvalue weighted by Crippen LogP contribution is 2.27. The Morgan fingerprint density at radius 2 is 2.25 bits per heavy atom. The van der Waals surface area contributed by atoms with Crippen LogP contribution < -0.4 is 0 Å². The summed E-state index contributed by atoms with van der Waals surface area (Å²) in [5.41, 5.74) is 1.12. The zero-order valence-corrected chi connectivity index (χ0v) is 12.1. The summed E-state index contributed by atoms with van der Waals surface area (Å²) < 4.78 is 1.59. The molecule has 1 amide bonds. The van der Waals surface area contributed by atoms with E-state index >= 15 is 0 Å². The standard InChI is InChI=1S/C13H15N3O3S/c1-15(6-5-11(17)18)13(19)9-8-16(2)14-12(9)10-4-3-7-20-10/h3-4,7-8H,5-6H2,1-2H3,(H,17,18). The van der Waals surface area contributed by atoms with Crippen molar-refractivity contribution in [2.45, 2.75) is 6.42 Å². The predicted octanol–water partition coefficient (Wildman–Crippen LogP) is 1.70. The smallest absolute Gasteiger partial charge is 0.305 e. The van der Waals surface area contributed by atoms with Crippen molar-refractivity contribution >= 4 is 23.2 Å². The van der Waals surface area contributed by atoms with Crippen LogP contribution in [0.5, 0.6) is 0 Å². The first-order valence-corrected chi connectivity index (χ1v) is 6.91. The first kappa shape index (κ1) is 14.3. The fourth-order valence-corrected chi connectivity index (χ4v) is 2.53. The summed E-state index contributed by atoms with van der Waals surface area (Å²) in [6.45, 7) is 0.174. The Balaban J connectivity index is 2.24. The highest BCUT2D eigenvalue weighted by Gasteiger charge is 2.21. The molecule has 0 radical (unpaired) electrons. The molecule has 0 saturated carbocycles. The molecule has 2 rings (SSSR count). The number of hydrogen-bond donors (Lipinski definition) is 1. The molecule has 2 aromatic rings. The minimum Gasteiger partial charge on any atom is -0.481 e. The Morgan fingerprint density at radius 1 is 1.50 bits per heavy atom. The summed E-state index contributed by atoms with van der Waals surface area (Å²) in [5, 5.41) is 14.9. The average Bonchev–Trinajstić information content (AvgIpc) is 3.03. The lowest BCUT2D eigenvalue weighted by molar-refractivity contribution is -0.137. The Labute approximate surface area is 120 Å². The third kappa shape index (κ3) is 3.05. The number of hydrogen-bond acceptors (Lipinski definition) is 4. The second kappa shape index (κ2) is 5.87. The van der Waals surface area contributed by atoms with E-state index in [1.165, 1.54) is 16.2 Å². The summed E-state index contributed by atoms with van der Waals surface area (Å²) >= 11 is 1.51. The molecule has 20 heavy (non-hydrogen) atoms. The maximum atomic E-state index is 12.4. The van der Waals surface area contributed by atoms with Gasteiger partial charge in [-0.25, -0.2) is 0 Å². The van der Waals surface area contributed by atoms with Crippen molar-refractivity contribution < 1.29 is 14.7 Å². The number of aromatic nitrogens is 2. The minimum absolute atomic E-state index is 0.0726. The Kier molecular flexibility index (Phi) is 4.19. The fraction of sp³-hybridized carbons (Fsp3) is 0.308. The zero-order valence-electron chi connectivity index (χ0n) is 11.2. The highest BCUT2D eigenvalue weighted by atomic mass is 32.1. The quantitative estimate of drug-likeness (QED) is 0.910. The van der Waals surface area contributed by atoms with Crippen LogP contribution in [0.4, 0.5) is 0 Å². The van der Waals surface area contributed by atoms with Crippen LogP contribution in [-0.4, -0.2) is 45.3 Å². The van der Waals surface area contributed by atoms with Crippen molar-refractivity contribution in [3.63, 3.8) is 0 Å². The number of carboxylic acid groups (broad SMARTS) is 1. The SMILES string of the molecule is CN(CCC(=O)O)C(=O)c1cn(C)nc1-c1cccs1. The molecule has 106 valence electrons. The summed E-state index contributed by atoms with van der Waals surface area (Å²) in [6, 6.07) is 3.80. The topological polar surface area (TPSA) is 75.4 Å². The van der Waals surface area contributed by atoms with E-state index in [1.807, 2.05) is 17.5 Å². The van der Waals surface area contributed by atoms with Crippen LogP contribution in [-0.2, 0) is 11.8 Å². The predicted molar refractivity (Wildman–Crippen MR) is 75.7 cm³/mol. The van der Waals surface area contributed by atoms with Gasteiger partial charge in [0.05, 0.1) is 16.9 Å². The van der Waals surface area contributed by atoms with Crippen molar-refractivity contribution in [3.8, 4) is 10.6 Å². The molecule has 0 fully saturated rings. The largest absolute Gasteiger partial charge is 0.481 e. The second-order valence-electron chi connectivity index (χ2n) is 4.41. The second-order valence-corrected chi connectivity index (χ2v) is 5.36. The lowest BCUT2D eigenvalue weighted by atomic mass is 10.2. The third-order valence-electron chi connectivity index (χ3n) is 2.82. The minimum atomic E-state index is -0.922. The molecule has 0 saturated heterocycles. The van der Waals surface area contributed by atoms with E-state index in [0.717, 1.165) is 4.88 Å². The molecule has 0 aliphatic heterocycles. The maximum Gasteiger partial charge on any atom is 0.305 e. The van der Waals surface area contributed by atoms with Crippen LogP contribution in [0.2, 0.25) is 0 Å². The van der Waals surface area contributed by atoms with Gasteiger partial charge >= 0.3 is 5.97 Å². The number of aliphatic carboxylic acids is 1. The van der Waals surface area contributed by atoms with Crippen molar-refractivity contribution in [2.24, 2.45) is 7.05 Å². The maximum absolute atomic E-state index is 12.4. The molecule has 0 unspecified atom stereocenters. The van der Waals surface area contributed by atoms with Crippen LogP contribution in [0, 0.1) is 0 Å². The molecule has 7 heteroatoms. The van der Waals surface area contributed by atoms with Crippen molar-refractivity contribution in [2.75, 3.05) is 13.6 Å². The van der Waals surface area contributed by atoms with E-state index in [9.17, 15) is 9.59 Å². The number of nitrogens with zero attached hydrogens (tertiary/aromatic N) is 3. The number of amides is 1. The summed E-state index contributed by atoms with van der Waals surface area (Å²) in [4.78, 5) is 25.3. The normalized spacial score (nSPS) is 10.5. The lowest BCUT2D eigenvalue weighted by Gasteiger charge is -2.15. The molecule has 0 spiro atoms. The number of thiophene rings is 1. The number of carbonyl (C=O) groups is 2. The highest BCUT2D eigenvalue weighted by molar-refractivity contribution is 7.13. The molecular weight excluding hydrogens is 278 g/mol. The van der Waals surface area contributed by atoms with E-state index < -0.39 is 5.97 Å². The van der Waals surface area contributed by atoms with Crippen LogP contribution in [0.1, 0.15) is 16.8 Å². The Hall–Kier alpha value is -2.15. The van der Waals surface area contributed by atoms with Crippen molar-refractivity contribution in [1.82, 2.24) is 14.7 Å². The lowest BCUT2D eigenvalue weighted by Crippen LogP contribution is -2.29. The number of rotatable bonds is 5. The van der Waals surface area contributed by atoms with Gasteiger partial charge in [-0.05, 0) is 11.4 Å². The van der Waals surface area contributed by atoms with Crippen LogP contribution in [0.15, 0.2) is 23.7 Å². The van der Waals surface area contributed by atoms with E-state index in [-0.39, 0.29) is 18.9 Å². The summed E-state index contributed by atoms with van der Waals surface area (Å²) in [6.07, 6.45) is 1.59. The first-order chi connectivity index (χ1) is 9.49. The Morgan fingerprint density at radius 3 is 2.85 bits per heavy atom. The molecule has 0 aliphatic carbocycles. The monoisotopic (exact) mass is 293 g/mol. The van der Waals surface area contributed by atoms with Gasteiger partial charge in [0.25, 0.3) is 5.91 Å². The van der Waals surface area contributed by atoms with Crippen molar-refractivity contribution in [3.05, 3.63) is 29.3 Å². The molecule has 6 nitrogen and oxygen atoms in total. The van der Waals surface area contributed by atoms with E-state index in [4.69, 9.17) is 5.11 Å². The molecule has 0 atom stereocenters. The summed E-state index contributed by atoms with van der Waals surface area (Å²) in [7, 11) is 3.35. The van der Waals surface area contributed by atoms with E-state index in [0.29, 0.717) is 11.3 Å². The first-order valence-electron chi connectivity index (χ1n) is 6.04. The molecule has 2 aromatic heterocycles. The van der Waals surface area contributed by atoms with Gasteiger partial charge in [0.15, 0.2) is 0 Å². The van der Waals surface area contributed by atoms with Gasteiger partial charge in [-0.1, -0.05) is 6.07 Å². The number of carboxylic acids is 1. The van der Waals surface area contributed by atoms with Gasteiger partial charge in [0.1, 0.15) is 5.69 Å². The molecule has 0 aromatic carbocycles. The zero-order chi connectivity index (χ0) is 14.7. The van der Waals surface area contributed by atoms with Gasteiger partial charge in [-0.2, -0.15) is 5.10 Å². The van der Waals surface area contributed by atoms with Crippen LogP contribution >= 0.6 is 11.3 Å². The van der Waals surface area contributed by atoms with Crippen molar-refractivity contribution in [1.29, 1.82) is 0 Å². The van der Waals surface area contributed by atoms with Gasteiger partial charge in [-0.15, -0.1) is 11.3 Å². The molecule has 2 heterocycles. The van der Waals surface area contributed by atoms with Crippen LogP contribution in [0.25, 0.3) is 10.6 Å². The van der Waals surface area contributed by atoms with Crippen LogP contribution in [0.3, 0.4) is 0 Å². The van der Waals surface area contributed by atoms with E-state index in [1.54, 1.807) is 25.0 Å². The average molecular weight is 293 g/mol. The Bertz CT molecular complexity index is 619. The molecule has 0 aliphatic rings. The summed E-state index contributed by atoms with van der Waals surface area (Å²) in [5.74, 6) is -1.14. The van der Waals surface area contributed by atoms with E-state index in [2.05, 4.69) is 5.10 Å². The van der Waals surface area contributed by atoms with Gasteiger partial charge in [0.2, 0.25) is 0 Å². The number of carbonyl (C=O) groups excluding carboxylic acids is 1. The number of aryl methyl sites for hydroxylation is 1.